The number of ether oxygens (including phenoxy) is 6. The van der Waals surface area contributed by atoms with E-state index in [0.717, 1.165) is 27.8 Å². The van der Waals surface area contributed by atoms with Gasteiger partial charge in [-0.3, -0.25) is 24.0 Å². The molecule has 1 aliphatic heterocycles. The normalized spacial score (nSPS) is 18.2. The largest absolute Gasteiger partial charge is 0.463 e. The Morgan fingerprint density at radius 1 is 0.355 bits per heavy atom. The lowest BCUT2D eigenvalue weighted by Gasteiger charge is -2.44. The smallest absolute Gasteiger partial charge is 0.308 e. The molecule has 0 spiro atoms. The zero-order valence-corrected chi connectivity index (χ0v) is 34.6. The zero-order valence-electron chi connectivity index (χ0n) is 34.6. The third-order valence-electron chi connectivity index (χ3n) is 10.4. The lowest BCUT2D eigenvalue weighted by molar-refractivity contribution is -0.301. The Morgan fingerprint density at radius 2 is 0.645 bits per heavy atom. The topological polar surface area (TPSA) is 141 Å². The van der Waals surface area contributed by atoms with Crippen molar-refractivity contribution in [2.75, 3.05) is 6.61 Å². The molecule has 62 heavy (non-hydrogen) atoms. The summed E-state index contributed by atoms with van der Waals surface area (Å²) in [5.41, 5.74) is 4.49. The molecule has 1 saturated heterocycles. The molecule has 1 fully saturated rings. The fraction of sp³-hybridized carbons (Fsp3) is 0.314. The minimum Gasteiger partial charge on any atom is -0.463 e. The van der Waals surface area contributed by atoms with E-state index in [1.54, 1.807) is 0 Å². The van der Waals surface area contributed by atoms with Gasteiger partial charge in [-0.15, -0.1) is 0 Å². The van der Waals surface area contributed by atoms with Gasteiger partial charge in [-0.2, -0.15) is 0 Å². The van der Waals surface area contributed by atoms with Crippen molar-refractivity contribution < 1.29 is 52.4 Å². The first-order valence-corrected chi connectivity index (χ1v) is 21.1. The summed E-state index contributed by atoms with van der Waals surface area (Å²) in [5.74, 6) is -3.30. The lowest BCUT2D eigenvalue weighted by Crippen LogP contribution is -2.63. The third-order valence-corrected chi connectivity index (χ3v) is 10.4. The van der Waals surface area contributed by atoms with Gasteiger partial charge in [-0.25, -0.2) is 0 Å². The summed E-state index contributed by atoms with van der Waals surface area (Å²) >= 11 is 0. The standard InChI is InChI=1S/C51H52O11/c52-43(31-26-37-16-6-1-7-17-37)57-36-42-48(59-44(53)32-27-38-18-8-2-9-19-38)49(60-45(54)33-28-39-20-10-3-11-21-39)50(61-46(55)34-29-40-22-12-4-13-23-40)51(58-42)62-47(56)35-30-41-24-14-5-15-25-41/h1-25,42,48-51H,26-36H2/t42-,48+,49+,50+,51+/m1/s1. The molecule has 0 unspecified atom stereocenters. The Labute approximate surface area is 362 Å². The average molecular weight is 841 g/mol. The van der Waals surface area contributed by atoms with Crippen LogP contribution < -0.4 is 0 Å². The van der Waals surface area contributed by atoms with Gasteiger partial charge in [-0.05, 0) is 59.9 Å². The molecule has 5 aromatic carbocycles. The molecule has 0 bridgehead atoms. The van der Waals surface area contributed by atoms with Crippen LogP contribution in [0.3, 0.4) is 0 Å². The van der Waals surface area contributed by atoms with Crippen LogP contribution in [0.15, 0.2) is 152 Å². The van der Waals surface area contributed by atoms with E-state index in [4.69, 9.17) is 28.4 Å². The molecule has 5 atom stereocenters. The first-order valence-electron chi connectivity index (χ1n) is 21.1. The van der Waals surface area contributed by atoms with E-state index in [1.165, 1.54) is 0 Å². The van der Waals surface area contributed by atoms with Crippen molar-refractivity contribution in [2.45, 2.75) is 94.9 Å². The van der Waals surface area contributed by atoms with Gasteiger partial charge in [0.25, 0.3) is 0 Å². The van der Waals surface area contributed by atoms with Gasteiger partial charge in [0, 0.05) is 32.1 Å². The van der Waals surface area contributed by atoms with E-state index in [-0.39, 0.29) is 32.1 Å². The Kier molecular flexibility index (Phi) is 17.4. The lowest BCUT2D eigenvalue weighted by atomic mass is 9.97. The van der Waals surface area contributed by atoms with Crippen LogP contribution >= 0.6 is 0 Å². The molecule has 6 rings (SSSR count). The molecule has 0 aromatic heterocycles. The van der Waals surface area contributed by atoms with Crippen LogP contribution in [0.2, 0.25) is 0 Å². The van der Waals surface area contributed by atoms with Gasteiger partial charge < -0.3 is 28.4 Å². The highest BCUT2D eigenvalue weighted by molar-refractivity contribution is 5.73. The molecular formula is C51H52O11. The van der Waals surface area contributed by atoms with E-state index < -0.39 is 67.2 Å². The van der Waals surface area contributed by atoms with E-state index in [1.807, 2.05) is 152 Å². The summed E-state index contributed by atoms with van der Waals surface area (Å²) in [4.78, 5) is 68.0. The molecule has 0 radical (unpaired) electrons. The van der Waals surface area contributed by atoms with Gasteiger partial charge in [-0.1, -0.05) is 152 Å². The number of aryl methyl sites for hydroxylation is 5. The highest BCUT2D eigenvalue weighted by Crippen LogP contribution is 2.31. The monoisotopic (exact) mass is 840 g/mol. The molecule has 322 valence electrons. The maximum absolute atomic E-state index is 13.8. The number of carbonyl (C=O) groups is 5. The number of rotatable bonds is 21. The average Bonchev–Trinajstić information content (AvgIpc) is 3.31. The summed E-state index contributed by atoms with van der Waals surface area (Å²) in [7, 11) is 0. The first-order chi connectivity index (χ1) is 30.3. The van der Waals surface area contributed by atoms with Crippen LogP contribution in [0, 0.1) is 0 Å². The maximum atomic E-state index is 13.8. The minimum atomic E-state index is -1.64. The maximum Gasteiger partial charge on any atom is 0.308 e. The van der Waals surface area contributed by atoms with Crippen molar-refractivity contribution in [1.82, 2.24) is 0 Å². The predicted molar refractivity (Wildman–Crippen MR) is 229 cm³/mol. The van der Waals surface area contributed by atoms with Gasteiger partial charge in [0.15, 0.2) is 12.2 Å². The molecule has 11 nitrogen and oxygen atoms in total. The second-order valence-electron chi connectivity index (χ2n) is 15.0. The summed E-state index contributed by atoms with van der Waals surface area (Å²) in [6.07, 6.45) is -5.99. The summed E-state index contributed by atoms with van der Waals surface area (Å²) in [5, 5.41) is 0. The van der Waals surface area contributed by atoms with E-state index >= 15 is 0 Å². The van der Waals surface area contributed by atoms with Crippen molar-refractivity contribution in [3.8, 4) is 0 Å². The number of hydrogen-bond acceptors (Lipinski definition) is 11. The van der Waals surface area contributed by atoms with Crippen LogP contribution in [0.25, 0.3) is 0 Å². The molecule has 5 aromatic rings. The molecule has 1 aliphatic rings. The van der Waals surface area contributed by atoms with Crippen LogP contribution in [0.5, 0.6) is 0 Å². The summed E-state index contributed by atoms with van der Waals surface area (Å²) in [6.45, 7) is -0.463. The second kappa shape index (κ2) is 24.0. The van der Waals surface area contributed by atoms with Gasteiger partial charge in [0.2, 0.25) is 12.4 Å². The minimum absolute atomic E-state index is 0.0374. The highest BCUT2D eigenvalue weighted by atomic mass is 16.7. The second-order valence-corrected chi connectivity index (χ2v) is 15.0. The van der Waals surface area contributed by atoms with Crippen LogP contribution in [-0.2, 0) is 84.5 Å². The first kappa shape index (κ1) is 44.9. The number of benzene rings is 5. The van der Waals surface area contributed by atoms with Crippen molar-refractivity contribution in [3.63, 3.8) is 0 Å². The molecule has 0 amide bonds. The van der Waals surface area contributed by atoms with E-state index in [0.29, 0.717) is 32.1 Å². The van der Waals surface area contributed by atoms with Crippen molar-refractivity contribution in [2.24, 2.45) is 0 Å². The number of carbonyl (C=O) groups excluding carboxylic acids is 5. The van der Waals surface area contributed by atoms with Crippen LogP contribution in [-0.4, -0.2) is 67.2 Å². The Balaban J connectivity index is 1.29. The van der Waals surface area contributed by atoms with Crippen LogP contribution in [0.4, 0.5) is 0 Å². The van der Waals surface area contributed by atoms with Gasteiger partial charge >= 0.3 is 29.8 Å². The van der Waals surface area contributed by atoms with Crippen LogP contribution in [0.1, 0.15) is 59.9 Å². The summed E-state index contributed by atoms with van der Waals surface area (Å²) < 4.78 is 36.3. The fourth-order valence-electron chi connectivity index (χ4n) is 7.03. The van der Waals surface area contributed by atoms with Crippen molar-refractivity contribution in [1.29, 1.82) is 0 Å². The van der Waals surface area contributed by atoms with Crippen molar-refractivity contribution >= 4 is 29.8 Å². The van der Waals surface area contributed by atoms with Crippen molar-refractivity contribution in [3.05, 3.63) is 179 Å². The quantitative estimate of drug-likeness (QED) is 0.0531. The van der Waals surface area contributed by atoms with E-state index in [2.05, 4.69) is 0 Å². The molecule has 11 heteroatoms. The number of hydrogen-bond donors (Lipinski definition) is 0. The molecule has 0 aliphatic carbocycles. The molecule has 1 heterocycles. The third kappa shape index (κ3) is 14.8. The molecule has 0 N–H and O–H groups in total. The van der Waals surface area contributed by atoms with Gasteiger partial charge in [0.05, 0.1) is 0 Å². The number of esters is 5. The fourth-order valence-corrected chi connectivity index (χ4v) is 7.03. The van der Waals surface area contributed by atoms with Gasteiger partial charge in [0.1, 0.15) is 12.7 Å². The molecule has 0 saturated carbocycles. The zero-order chi connectivity index (χ0) is 43.4. The Hall–Kier alpha value is -6.59. The molecular weight excluding hydrogens is 789 g/mol. The Morgan fingerprint density at radius 3 is 1.00 bits per heavy atom. The Bertz CT molecular complexity index is 2150. The highest BCUT2D eigenvalue weighted by Gasteiger charge is 2.54. The predicted octanol–water partition coefficient (Wildman–Crippen LogP) is 7.70. The SMILES string of the molecule is O=C(CCc1ccccc1)OC[C@H]1O[C@@H](OC(=O)CCc2ccccc2)[C@@H](OC(=O)CCc2ccccc2)[C@@H](OC(=O)CCc2ccccc2)[C@H]1OC(=O)CCc1ccccc1. The van der Waals surface area contributed by atoms with E-state index in [9.17, 15) is 24.0 Å². The summed E-state index contributed by atoms with van der Waals surface area (Å²) in [6, 6.07) is 46.8.